The van der Waals surface area contributed by atoms with Crippen LogP contribution in [-0.4, -0.2) is 23.9 Å². The molecular formula is C13H19N3S. The summed E-state index contributed by atoms with van der Waals surface area (Å²) < 4.78 is 0. The van der Waals surface area contributed by atoms with Crippen molar-refractivity contribution in [3.05, 3.63) is 21.9 Å². The molecule has 2 N–H and O–H groups in total. The van der Waals surface area contributed by atoms with Gasteiger partial charge in [0.1, 0.15) is 0 Å². The highest BCUT2D eigenvalue weighted by atomic mass is 32.1. The lowest BCUT2D eigenvalue weighted by Crippen LogP contribution is -2.37. The van der Waals surface area contributed by atoms with Crippen LogP contribution < -0.4 is 5.73 Å². The lowest BCUT2D eigenvalue weighted by molar-refractivity contribution is 0.338. The van der Waals surface area contributed by atoms with Gasteiger partial charge in [-0.25, -0.2) is 0 Å². The van der Waals surface area contributed by atoms with Gasteiger partial charge in [0.15, 0.2) is 5.96 Å². The summed E-state index contributed by atoms with van der Waals surface area (Å²) in [6.07, 6.45) is 3.85. The van der Waals surface area contributed by atoms with Gasteiger partial charge in [0.2, 0.25) is 0 Å². The minimum absolute atomic E-state index is 0.404. The van der Waals surface area contributed by atoms with Crippen molar-refractivity contribution in [1.82, 2.24) is 4.90 Å². The number of guanidine groups is 1. The van der Waals surface area contributed by atoms with E-state index in [1.807, 2.05) is 11.3 Å². The number of aliphatic imine (C=N–C) groups is 1. The Balaban J connectivity index is 1.77. The predicted molar refractivity (Wildman–Crippen MR) is 72.4 cm³/mol. The number of hydrogen-bond donors (Lipinski definition) is 1. The smallest absolute Gasteiger partial charge is 0.191 e. The number of rotatable bonds is 4. The first-order valence-corrected chi connectivity index (χ1v) is 7.24. The lowest BCUT2D eigenvalue weighted by atomic mass is 10.2. The second-order valence-corrected chi connectivity index (χ2v) is 6.17. The summed E-state index contributed by atoms with van der Waals surface area (Å²) in [6.45, 7) is 4.14. The van der Waals surface area contributed by atoms with Crippen LogP contribution in [-0.2, 0) is 6.42 Å². The molecule has 4 heteroatoms. The molecule has 1 atom stereocenters. The van der Waals surface area contributed by atoms with Crippen molar-refractivity contribution in [1.29, 1.82) is 0 Å². The van der Waals surface area contributed by atoms with Gasteiger partial charge in [-0.3, -0.25) is 4.99 Å². The fourth-order valence-corrected chi connectivity index (χ4v) is 3.39. The molecule has 1 aromatic heterocycles. The quantitative estimate of drug-likeness (QED) is 0.890. The molecule has 1 aliphatic carbocycles. The third-order valence-electron chi connectivity index (χ3n) is 3.61. The van der Waals surface area contributed by atoms with E-state index in [9.17, 15) is 0 Å². The van der Waals surface area contributed by atoms with E-state index in [0.29, 0.717) is 6.04 Å². The molecule has 0 amide bonds. The molecule has 1 unspecified atom stereocenters. The maximum atomic E-state index is 6.00. The molecule has 17 heavy (non-hydrogen) atoms. The van der Waals surface area contributed by atoms with Crippen LogP contribution in [0.1, 0.15) is 35.6 Å². The monoisotopic (exact) mass is 249 g/mol. The highest BCUT2D eigenvalue weighted by Gasteiger charge is 2.33. The van der Waals surface area contributed by atoms with E-state index >= 15 is 0 Å². The maximum absolute atomic E-state index is 6.00. The van der Waals surface area contributed by atoms with E-state index in [-0.39, 0.29) is 0 Å². The summed E-state index contributed by atoms with van der Waals surface area (Å²) in [5, 5.41) is 0. The second kappa shape index (κ2) is 4.33. The Morgan fingerprint density at radius 3 is 2.94 bits per heavy atom. The van der Waals surface area contributed by atoms with E-state index < -0.39 is 0 Å². The summed E-state index contributed by atoms with van der Waals surface area (Å²) in [7, 11) is 0. The van der Waals surface area contributed by atoms with Gasteiger partial charge in [-0.2, -0.15) is 0 Å². The van der Waals surface area contributed by atoms with Crippen molar-refractivity contribution in [3.63, 3.8) is 0 Å². The van der Waals surface area contributed by atoms with E-state index in [0.717, 1.165) is 31.4 Å². The Morgan fingerprint density at radius 1 is 1.47 bits per heavy atom. The van der Waals surface area contributed by atoms with Crippen LogP contribution in [0.2, 0.25) is 0 Å². The Labute approximate surface area is 106 Å². The zero-order valence-corrected chi connectivity index (χ0v) is 11.0. The molecule has 1 saturated carbocycles. The first-order valence-electron chi connectivity index (χ1n) is 6.43. The summed E-state index contributed by atoms with van der Waals surface area (Å²) in [6, 6.07) is 4.90. The zero-order valence-electron chi connectivity index (χ0n) is 10.2. The highest BCUT2D eigenvalue weighted by molar-refractivity contribution is 7.12. The molecule has 0 bridgehead atoms. The molecule has 2 heterocycles. The maximum Gasteiger partial charge on any atom is 0.191 e. The minimum Gasteiger partial charge on any atom is -0.370 e. The normalized spacial score (nSPS) is 24.2. The van der Waals surface area contributed by atoms with E-state index in [1.165, 1.54) is 22.6 Å². The largest absolute Gasteiger partial charge is 0.370 e. The standard InChI is InChI=1S/C13H19N3S/c1-2-10-5-6-12(17-10)11-7-15-13(14)16(11)8-9-3-4-9/h5-6,9,11H,2-4,7-8H2,1H3,(H2,14,15). The van der Waals surface area contributed by atoms with Crippen molar-refractivity contribution in [3.8, 4) is 0 Å². The molecule has 0 radical (unpaired) electrons. The number of thiophene rings is 1. The van der Waals surface area contributed by atoms with Gasteiger partial charge in [-0.15, -0.1) is 11.3 Å². The Kier molecular flexibility index (Phi) is 2.82. The number of aryl methyl sites for hydroxylation is 1. The third-order valence-corrected chi connectivity index (χ3v) is 4.94. The molecule has 1 fully saturated rings. The van der Waals surface area contributed by atoms with Gasteiger partial charge in [-0.05, 0) is 37.3 Å². The van der Waals surface area contributed by atoms with Crippen LogP contribution in [0.25, 0.3) is 0 Å². The van der Waals surface area contributed by atoms with Crippen LogP contribution in [0.5, 0.6) is 0 Å². The SMILES string of the molecule is CCc1ccc(C2CN=C(N)N2CC2CC2)s1. The first kappa shape index (κ1) is 11.1. The van der Waals surface area contributed by atoms with Crippen molar-refractivity contribution in [2.75, 3.05) is 13.1 Å². The van der Waals surface area contributed by atoms with Crippen LogP contribution in [0.15, 0.2) is 17.1 Å². The Bertz CT molecular complexity index is 434. The topological polar surface area (TPSA) is 41.6 Å². The van der Waals surface area contributed by atoms with E-state index in [4.69, 9.17) is 5.73 Å². The summed E-state index contributed by atoms with van der Waals surface area (Å²) >= 11 is 1.91. The van der Waals surface area contributed by atoms with Gasteiger partial charge < -0.3 is 10.6 Å². The molecule has 2 aliphatic rings. The van der Waals surface area contributed by atoms with Crippen molar-refractivity contribution in [2.45, 2.75) is 32.2 Å². The summed E-state index contributed by atoms with van der Waals surface area (Å²) in [5.74, 6) is 1.60. The average Bonchev–Trinajstić information content (AvgIpc) is 2.89. The zero-order chi connectivity index (χ0) is 11.8. The number of nitrogens with zero attached hydrogens (tertiary/aromatic N) is 2. The molecule has 0 aromatic carbocycles. The molecule has 3 rings (SSSR count). The number of hydrogen-bond acceptors (Lipinski definition) is 4. The van der Waals surface area contributed by atoms with Crippen LogP contribution in [0, 0.1) is 5.92 Å². The molecule has 1 aliphatic heterocycles. The lowest BCUT2D eigenvalue weighted by Gasteiger charge is -2.25. The van der Waals surface area contributed by atoms with Gasteiger partial charge in [0, 0.05) is 16.3 Å². The average molecular weight is 249 g/mol. The minimum atomic E-state index is 0.404. The molecule has 0 saturated heterocycles. The van der Waals surface area contributed by atoms with Crippen molar-refractivity contribution < 1.29 is 0 Å². The second-order valence-electron chi connectivity index (χ2n) is 4.97. The predicted octanol–water partition coefficient (Wildman–Crippen LogP) is 2.39. The Hall–Kier alpha value is -1.03. The summed E-state index contributed by atoms with van der Waals surface area (Å²) in [5.41, 5.74) is 6.00. The van der Waals surface area contributed by atoms with Gasteiger partial charge >= 0.3 is 0 Å². The first-order chi connectivity index (χ1) is 8.28. The molecule has 3 nitrogen and oxygen atoms in total. The number of nitrogens with two attached hydrogens (primary N) is 1. The van der Waals surface area contributed by atoms with E-state index in [2.05, 4.69) is 28.9 Å². The molecule has 1 aromatic rings. The van der Waals surface area contributed by atoms with Crippen LogP contribution in [0.3, 0.4) is 0 Å². The molecule has 92 valence electrons. The van der Waals surface area contributed by atoms with Crippen LogP contribution >= 0.6 is 11.3 Å². The van der Waals surface area contributed by atoms with Crippen molar-refractivity contribution in [2.24, 2.45) is 16.6 Å². The Morgan fingerprint density at radius 2 is 2.29 bits per heavy atom. The summed E-state index contributed by atoms with van der Waals surface area (Å²) in [4.78, 5) is 9.61. The molecule has 0 spiro atoms. The van der Waals surface area contributed by atoms with Gasteiger partial charge in [0.05, 0.1) is 12.6 Å². The van der Waals surface area contributed by atoms with Gasteiger partial charge in [-0.1, -0.05) is 6.92 Å². The fraction of sp³-hybridized carbons (Fsp3) is 0.615. The van der Waals surface area contributed by atoms with Crippen molar-refractivity contribution >= 4 is 17.3 Å². The third kappa shape index (κ3) is 2.18. The fourth-order valence-electron chi connectivity index (χ4n) is 2.34. The van der Waals surface area contributed by atoms with E-state index in [1.54, 1.807) is 0 Å². The molecular weight excluding hydrogens is 230 g/mol. The van der Waals surface area contributed by atoms with Gasteiger partial charge in [0.25, 0.3) is 0 Å². The van der Waals surface area contributed by atoms with Crippen LogP contribution in [0.4, 0.5) is 0 Å². The highest BCUT2D eigenvalue weighted by Crippen LogP contribution is 2.36.